The van der Waals surface area contributed by atoms with Gasteiger partial charge in [-0.3, -0.25) is 9.59 Å². The zero-order chi connectivity index (χ0) is 12.3. The third-order valence-corrected chi connectivity index (χ3v) is 3.10. The Morgan fingerprint density at radius 3 is 2.56 bits per heavy atom. The van der Waals surface area contributed by atoms with E-state index >= 15 is 0 Å². The minimum atomic E-state index is -0.896. The molecule has 0 aliphatic carbocycles. The summed E-state index contributed by atoms with van der Waals surface area (Å²) in [6.45, 7) is 4.58. The van der Waals surface area contributed by atoms with Crippen molar-refractivity contribution in [2.45, 2.75) is 32.2 Å². The highest BCUT2D eigenvalue weighted by atomic mass is 16.5. The standard InChI is InChI=1S/C11H19NO4/c1-11(2,6-9(13)14)12(3)10(15)8-4-5-16-7-8/h8H,4-7H2,1-3H3,(H,13,14). The van der Waals surface area contributed by atoms with Crippen molar-refractivity contribution in [1.29, 1.82) is 0 Å². The molecule has 1 atom stereocenters. The van der Waals surface area contributed by atoms with Crippen LogP contribution in [0.2, 0.25) is 0 Å². The number of nitrogens with zero attached hydrogens (tertiary/aromatic N) is 1. The molecule has 1 aliphatic rings. The maximum Gasteiger partial charge on any atom is 0.305 e. The Morgan fingerprint density at radius 2 is 2.12 bits per heavy atom. The summed E-state index contributed by atoms with van der Waals surface area (Å²) in [5.41, 5.74) is -0.661. The summed E-state index contributed by atoms with van der Waals surface area (Å²) in [6.07, 6.45) is 0.676. The van der Waals surface area contributed by atoms with E-state index in [0.717, 1.165) is 6.42 Å². The molecule has 0 aromatic carbocycles. The normalized spacial score (nSPS) is 20.8. The van der Waals surface area contributed by atoms with Crippen LogP contribution in [0.1, 0.15) is 26.7 Å². The van der Waals surface area contributed by atoms with E-state index < -0.39 is 11.5 Å². The number of carboxylic acids is 1. The number of amides is 1. The number of ether oxygens (including phenoxy) is 1. The van der Waals surface area contributed by atoms with Crippen LogP contribution in [-0.4, -0.2) is 47.7 Å². The monoisotopic (exact) mass is 229 g/mol. The van der Waals surface area contributed by atoms with E-state index in [-0.39, 0.29) is 18.2 Å². The smallest absolute Gasteiger partial charge is 0.305 e. The summed E-state index contributed by atoms with van der Waals surface area (Å²) in [5, 5.41) is 8.78. The molecule has 1 aliphatic heterocycles. The second kappa shape index (κ2) is 4.82. The van der Waals surface area contributed by atoms with Crippen LogP contribution in [0.4, 0.5) is 0 Å². The minimum absolute atomic E-state index is 0.0243. The van der Waals surface area contributed by atoms with E-state index in [1.807, 2.05) is 0 Å². The van der Waals surface area contributed by atoms with Crippen molar-refractivity contribution in [3.05, 3.63) is 0 Å². The highest BCUT2D eigenvalue weighted by molar-refractivity contribution is 5.80. The number of carbonyl (C=O) groups excluding carboxylic acids is 1. The van der Waals surface area contributed by atoms with Crippen molar-refractivity contribution < 1.29 is 19.4 Å². The first kappa shape index (κ1) is 13.0. The summed E-state index contributed by atoms with van der Waals surface area (Å²) in [6, 6.07) is 0. The van der Waals surface area contributed by atoms with Crippen molar-refractivity contribution in [2.24, 2.45) is 5.92 Å². The maximum atomic E-state index is 12.0. The van der Waals surface area contributed by atoms with Gasteiger partial charge in [0.2, 0.25) is 5.91 Å². The molecular weight excluding hydrogens is 210 g/mol. The number of hydrogen-bond donors (Lipinski definition) is 1. The number of carboxylic acid groups (broad SMARTS) is 1. The van der Waals surface area contributed by atoms with Crippen molar-refractivity contribution in [3.8, 4) is 0 Å². The third kappa shape index (κ3) is 2.95. The molecular formula is C11H19NO4. The van der Waals surface area contributed by atoms with Gasteiger partial charge in [0.25, 0.3) is 0 Å². The molecule has 92 valence electrons. The Labute approximate surface area is 95.4 Å². The van der Waals surface area contributed by atoms with Gasteiger partial charge >= 0.3 is 5.97 Å². The Balaban J connectivity index is 2.64. The van der Waals surface area contributed by atoms with Crippen LogP contribution in [0.25, 0.3) is 0 Å². The SMILES string of the molecule is CN(C(=O)C1CCOC1)C(C)(C)CC(=O)O. The predicted molar refractivity (Wildman–Crippen MR) is 58.0 cm³/mol. The molecule has 1 saturated heterocycles. The molecule has 1 N–H and O–H groups in total. The maximum absolute atomic E-state index is 12.0. The lowest BCUT2D eigenvalue weighted by Gasteiger charge is -2.35. The predicted octanol–water partition coefficient (Wildman–Crippen LogP) is 0.735. The van der Waals surface area contributed by atoms with E-state index in [1.54, 1.807) is 20.9 Å². The summed E-state index contributed by atoms with van der Waals surface area (Å²) in [4.78, 5) is 24.3. The van der Waals surface area contributed by atoms with Crippen LogP contribution >= 0.6 is 0 Å². The highest BCUT2D eigenvalue weighted by Crippen LogP contribution is 2.22. The van der Waals surface area contributed by atoms with Crippen LogP contribution in [0, 0.1) is 5.92 Å². The van der Waals surface area contributed by atoms with E-state index in [2.05, 4.69) is 0 Å². The van der Waals surface area contributed by atoms with E-state index in [1.165, 1.54) is 4.90 Å². The Morgan fingerprint density at radius 1 is 1.50 bits per heavy atom. The van der Waals surface area contributed by atoms with E-state index in [9.17, 15) is 9.59 Å². The lowest BCUT2D eigenvalue weighted by Crippen LogP contribution is -2.48. The number of rotatable bonds is 4. The van der Waals surface area contributed by atoms with Crippen LogP contribution in [0.5, 0.6) is 0 Å². The molecule has 0 spiro atoms. The summed E-state index contributed by atoms with van der Waals surface area (Å²) in [5.74, 6) is -1.03. The van der Waals surface area contributed by atoms with Gasteiger partial charge in [0.05, 0.1) is 18.9 Å². The van der Waals surface area contributed by atoms with E-state index in [4.69, 9.17) is 9.84 Å². The van der Waals surface area contributed by atoms with Crippen molar-refractivity contribution in [3.63, 3.8) is 0 Å². The second-order valence-electron chi connectivity index (χ2n) is 4.84. The molecule has 1 heterocycles. The molecule has 1 rings (SSSR count). The minimum Gasteiger partial charge on any atom is -0.481 e. The number of hydrogen-bond acceptors (Lipinski definition) is 3. The Kier molecular flexibility index (Phi) is 3.91. The number of aliphatic carboxylic acids is 1. The molecule has 5 heteroatoms. The summed E-state index contributed by atoms with van der Waals surface area (Å²) < 4.78 is 5.16. The van der Waals surface area contributed by atoms with Crippen LogP contribution in [0.15, 0.2) is 0 Å². The van der Waals surface area contributed by atoms with Gasteiger partial charge in [-0.15, -0.1) is 0 Å². The average molecular weight is 229 g/mol. The molecule has 16 heavy (non-hydrogen) atoms. The van der Waals surface area contributed by atoms with Crippen LogP contribution < -0.4 is 0 Å². The average Bonchev–Trinajstić information content (AvgIpc) is 2.66. The topological polar surface area (TPSA) is 66.8 Å². The largest absolute Gasteiger partial charge is 0.481 e. The van der Waals surface area contributed by atoms with Gasteiger partial charge in [-0.05, 0) is 20.3 Å². The zero-order valence-corrected chi connectivity index (χ0v) is 10.0. The molecule has 0 radical (unpaired) electrons. The van der Waals surface area contributed by atoms with Crippen LogP contribution in [0.3, 0.4) is 0 Å². The lowest BCUT2D eigenvalue weighted by molar-refractivity contribution is -0.144. The second-order valence-corrected chi connectivity index (χ2v) is 4.84. The molecule has 1 amide bonds. The number of carbonyl (C=O) groups is 2. The van der Waals surface area contributed by atoms with Crippen molar-refractivity contribution >= 4 is 11.9 Å². The summed E-state index contributed by atoms with van der Waals surface area (Å²) >= 11 is 0. The fourth-order valence-corrected chi connectivity index (χ4v) is 1.79. The molecule has 0 aromatic rings. The van der Waals surface area contributed by atoms with Gasteiger partial charge < -0.3 is 14.7 Å². The lowest BCUT2D eigenvalue weighted by atomic mass is 9.96. The van der Waals surface area contributed by atoms with Crippen molar-refractivity contribution in [2.75, 3.05) is 20.3 Å². The third-order valence-electron chi connectivity index (χ3n) is 3.10. The zero-order valence-electron chi connectivity index (χ0n) is 10.0. The first-order chi connectivity index (χ1) is 7.34. The highest BCUT2D eigenvalue weighted by Gasteiger charge is 2.35. The molecule has 1 fully saturated rings. The Bertz CT molecular complexity index is 282. The van der Waals surface area contributed by atoms with Gasteiger partial charge in [-0.1, -0.05) is 0 Å². The fraction of sp³-hybridized carbons (Fsp3) is 0.818. The van der Waals surface area contributed by atoms with Gasteiger partial charge in [-0.2, -0.15) is 0 Å². The van der Waals surface area contributed by atoms with Gasteiger partial charge in [0.15, 0.2) is 0 Å². The first-order valence-electron chi connectivity index (χ1n) is 5.42. The molecule has 0 aromatic heterocycles. The van der Waals surface area contributed by atoms with E-state index in [0.29, 0.717) is 13.2 Å². The van der Waals surface area contributed by atoms with Gasteiger partial charge in [0, 0.05) is 19.2 Å². The molecule has 0 saturated carbocycles. The van der Waals surface area contributed by atoms with Gasteiger partial charge in [0.1, 0.15) is 0 Å². The van der Waals surface area contributed by atoms with Crippen molar-refractivity contribution in [1.82, 2.24) is 4.90 Å². The quantitative estimate of drug-likeness (QED) is 0.772. The van der Waals surface area contributed by atoms with Gasteiger partial charge in [-0.25, -0.2) is 0 Å². The Hall–Kier alpha value is -1.10. The fourth-order valence-electron chi connectivity index (χ4n) is 1.79. The first-order valence-corrected chi connectivity index (χ1v) is 5.42. The molecule has 0 bridgehead atoms. The summed E-state index contributed by atoms with van der Waals surface area (Å²) in [7, 11) is 1.66. The van der Waals surface area contributed by atoms with Crippen LogP contribution in [-0.2, 0) is 14.3 Å². The molecule has 5 nitrogen and oxygen atoms in total. The molecule has 1 unspecified atom stereocenters.